The number of benzene rings is 1. The molecule has 1 fully saturated rings. The molecule has 0 spiro atoms. The van der Waals surface area contributed by atoms with Gasteiger partial charge >= 0.3 is 6.03 Å². The predicted molar refractivity (Wildman–Crippen MR) is 71.8 cm³/mol. The molecular formula is C13H17BrN2O. The lowest BCUT2D eigenvalue weighted by Crippen LogP contribution is -2.38. The second kappa shape index (κ2) is 5.54. The maximum atomic E-state index is 11.6. The number of carbonyl (C=O) groups excluding carboxylic acids is 1. The van der Waals surface area contributed by atoms with Gasteiger partial charge in [-0.15, -0.1) is 0 Å². The van der Waals surface area contributed by atoms with Crippen molar-refractivity contribution in [1.29, 1.82) is 0 Å². The van der Waals surface area contributed by atoms with Crippen LogP contribution in [0.4, 0.5) is 4.79 Å². The smallest absolute Gasteiger partial charge is 0.315 e. The molecule has 2 rings (SSSR count). The van der Waals surface area contributed by atoms with Crippen molar-refractivity contribution >= 4 is 22.0 Å². The summed E-state index contributed by atoms with van der Waals surface area (Å²) in [5, 5.41) is 5.83. The molecule has 1 saturated carbocycles. The molecule has 0 saturated heterocycles. The Kier molecular flexibility index (Phi) is 4.05. The molecule has 0 aromatic heterocycles. The normalized spacial score (nSPS) is 16.4. The van der Waals surface area contributed by atoms with Gasteiger partial charge < -0.3 is 10.6 Å². The van der Waals surface area contributed by atoms with E-state index in [4.69, 9.17) is 0 Å². The Balaban J connectivity index is 1.80. The summed E-state index contributed by atoms with van der Waals surface area (Å²) in [6, 6.07) is 7.94. The first-order valence-corrected chi connectivity index (χ1v) is 6.74. The van der Waals surface area contributed by atoms with E-state index in [2.05, 4.69) is 26.6 Å². The number of rotatable bonds is 4. The van der Waals surface area contributed by atoms with Gasteiger partial charge in [0.1, 0.15) is 0 Å². The molecule has 4 heteroatoms. The number of hydrogen-bond donors (Lipinski definition) is 2. The minimum atomic E-state index is -0.0766. The van der Waals surface area contributed by atoms with Gasteiger partial charge in [0.05, 0.1) is 6.04 Å². The summed E-state index contributed by atoms with van der Waals surface area (Å²) in [7, 11) is 0. The van der Waals surface area contributed by atoms with Crippen molar-refractivity contribution < 1.29 is 4.79 Å². The molecule has 3 nitrogen and oxygen atoms in total. The zero-order chi connectivity index (χ0) is 12.3. The van der Waals surface area contributed by atoms with Crippen LogP contribution >= 0.6 is 15.9 Å². The van der Waals surface area contributed by atoms with Crippen molar-refractivity contribution in [2.45, 2.75) is 25.8 Å². The molecule has 0 radical (unpaired) electrons. The van der Waals surface area contributed by atoms with Crippen LogP contribution in [-0.2, 0) is 0 Å². The summed E-state index contributed by atoms with van der Waals surface area (Å²) in [5.41, 5.74) is 1.11. The summed E-state index contributed by atoms with van der Waals surface area (Å²) in [6.07, 6.45) is 2.51. The first kappa shape index (κ1) is 12.4. The van der Waals surface area contributed by atoms with Crippen LogP contribution in [0.5, 0.6) is 0 Å². The summed E-state index contributed by atoms with van der Waals surface area (Å²) >= 11 is 3.39. The van der Waals surface area contributed by atoms with Crippen molar-refractivity contribution in [3.05, 3.63) is 34.3 Å². The maximum Gasteiger partial charge on any atom is 0.315 e. The largest absolute Gasteiger partial charge is 0.338 e. The van der Waals surface area contributed by atoms with Gasteiger partial charge in [-0.1, -0.05) is 28.1 Å². The highest BCUT2D eigenvalue weighted by Crippen LogP contribution is 2.27. The standard InChI is InChI=1S/C13H17BrN2O/c1-9(11-4-6-12(14)7-5-11)16-13(17)15-8-10-2-3-10/h4-7,9-10H,2-3,8H2,1H3,(H2,15,16,17)/t9-/m0/s1. The highest BCUT2D eigenvalue weighted by molar-refractivity contribution is 9.10. The van der Waals surface area contributed by atoms with Crippen LogP contribution in [0.2, 0.25) is 0 Å². The van der Waals surface area contributed by atoms with Gasteiger partial charge in [-0.3, -0.25) is 0 Å². The van der Waals surface area contributed by atoms with Crippen LogP contribution in [-0.4, -0.2) is 12.6 Å². The van der Waals surface area contributed by atoms with E-state index in [0.717, 1.165) is 16.6 Å². The Hall–Kier alpha value is -1.03. The Morgan fingerprint density at radius 2 is 2.06 bits per heavy atom. The zero-order valence-corrected chi connectivity index (χ0v) is 11.5. The Bertz CT molecular complexity index is 387. The van der Waals surface area contributed by atoms with Gasteiger partial charge in [0.15, 0.2) is 0 Å². The third kappa shape index (κ3) is 4.04. The molecule has 2 N–H and O–H groups in total. The van der Waals surface area contributed by atoms with Crippen LogP contribution < -0.4 is 10.6 Å². The summed E-state index contributed by atoms with van der Waals surface area (Å²) in [6.45, 7) is 2.79. The van der Waals surface area contributed by atoms with Crippen molar-refractivity contribution in [2.75, 3.05) is 6.54 Å². The van der Waals surface area contributed by atoms with Crippen molar-refractivity contribution in [1.82, 2.24) is 10.6 Å². The third-order valence-electron chi connectivity index (χ3n) is 2.97. The van der Waals surface area contributed by atoms with Crippen LogP contribution in [0.25, 0.3) is 0 Å². The van der Waals surface area contributed by atoms with Crippen LogP contribution in [0.1, 0.15) is 31.4 Å². The second-order valence-electron chi connectivity index (χ2n) is 4.57. The average molecular weight is 297 g/mol. The number of nitrogens with one attached hydrogen (secondary N) is 2. The molecule has 1 aromatic rings. The molecular weight excluding hydrogens is 280 g/mol. The number of halogens is 1. The first-order chi connectivity index (χ1) is 8.15. The van der Waals surface area contributed by atoms with E-state index in [1.165, 1.54) is 12.8 Å². The topological polar surface area (TPSA) is 41.1 Å². The van der Waals surface area contributed by atoms with E-state index in [1.807, 2.05) is 31.2 Å². The fraction of sp³-hybridized carbons (Fsp3) is 0.462. The minimum Gasteiger partial charge on any atom is -0.338 e. The van der Waals surface area contributed by atoms with Crippen LogP contribution in [0.3, 0.4) is 0 Å². The van der Waals surface area contributed by atoms with E-state index in [9.17, 15) is 4.79 Å². The van der Waals surface area contributed by atoms with E-state index < -0.39 is 0 Å². The molecule has 2 amide bonds. The number of amides is 2. The number of carbonyl (C=O) groups is 1. The van der Waals surface area contributed by atoms with Crippen molar-refractivity contribution in [3.8, 4) is 0 Å². The lowest BCUT2D eigenvalue weighted by atomic mass is 10.1. The van der Waals surface area contributed by atoms with Gasteiger partial charge in [0.2, 0.25) is 0 Å². The van der Waals surface area contributed by atoms with Crippen LogP contribution in [0.15, 0.2) is 28.7 Å². The molecule has 1 aliphatic rings. The Labute approximate surface area is 110 Å². The van der Waals surface area contributed by atoms with Gasteiger partial charge in [-0.25, -0.2) is 4.79 Å². The second-order valence-corrected chi connectivity index (χ2v) is 5.49. The van der Waals surface area contributed by atoms with Crippen LogP contribution in [0, 0.1) is 5.92 Å². The summed E-state index contributed by atoms with van der Waals surface area (Å²) in [5.74, 6) is 0.712. The molecule has 0 aliphatic heterocycles. The van der Waals surface area contributed by atoms with Gasteiger partial charge in [-0.05, 0) is 43.4 Å². The minimum absolute atomic E-state index is 0.0299. The lowest BCUT2D eigenvalue weighted by molar-refractivity contribution is 0.237. The number of hydrogen-bond acceptors (Lipinski definition) is 1. The molecule has 1 aromatic carbocycles. The third-order valence-corrected chi connectivity index (χ3v) is 3.49. The summed E-state index contributed by atoms with van der Waals surface area (Å²) in [4.78, 5) is 11.6. The lowest BCUT2D eigenvalue weighted by Gasteiger charge is -2.15. The first-order valence-electron chi connectivity index (χ1n) is 5.95. The molecule has 17 heavy (non-hydrogen) atoms. The Morgan fingerprint density at radius 1 is 1.41 bits per heavy atom. The zero-order valence-electron chi connectivity index (χ0n) is 9.87. The highest BCUT2D eigenvalue weighted by atomic mass is 79.9. The molecule has 0 bridgehead atoms. The fourth-order valence-corrected chi connectivity index (χ4v) is 1.91. The molecule has 0 heterocycles. The highest BCUT2D eigenvalue weighted by Gasteiger charge is 2.21. The summed E-state index contributed by atoms with van der Waals surface area (Å²) < 4.78 is 1.05. The maximum absolute atomic E-state index is 11.6. The molecule has 1 aliphatic carbocycles. The Morgan fingerprint density at radius 3 is 2.65 bits per heavy atom. The molecule has 92 valence electrons. The van der Waals surface area contributed by atoms with E-state index in [-0.39, 0.29) is 12.1 Å². The van der Waals surface area contributed by atoms with E-state index in [0.29, 0.717) is 5.92 Å². The van der Waals surface area contributed by atoms with Gasteiger partial charge in [0, 0.05) is 11.0 Å². The van der Waals surface area contributed by atoms with E-state index in [1.54, 1.807) is 0 Å². The predicted octanol–water partition coefficient (Wildman–Crippen LogP) is 3.22. The quantitative estimate of drug-likeness (QED) is 0.880. The fourth-order valence-electron chi connectivity index (χ4n) is 1.64. The monoisotopic (exact) mass is 296 g/mol. The average Bonchev–Trinajstić information content (AvgIpc) is 3.11. The molecule has 1 atom stereocenters. The SMILES string of the molecule is C[C@H](NC(=O)NCC1CC1)c1ccc(Br)cc1. The van der Waals surface area contributed by atoms with Gasteiger partial charge in [-0.2, -0.15) is 0 Å². The molecule has 0 unspecified atom stereocenters. The number of urea groups is 1. The van der Waals surface area contributed by atoms with Crippen molar-refractivity contribution in [2.24, 2.45) is 5.92 Å². The van der Waals surface area contributed by atoms with Gasteiger partial charge in [0.25, 0.3) is 0 Å². The van der Waals surface area contributed by atoms with E-state index >= 15 is 0 Å². The van der Waals surface area contributed by atoms with Crippen molar-refractivity contribution in [3.63, 3.8) is 0 Å².